The molecule has 0 fully saturated rings. The largest absolute Gasteiger partial charge is 0.493 e. The number of hydrogen-bond donors (Lipinski definition) is 2. The fraction of sp³-hybridized carbons (Fsp3) is 0.417. The van der Waals surface area contributed by atoms with Crippen LogP contribution in [0.25, 0.3) is 0 Å². The van der Waals surface area contributed by atoms with Crippen molar-refractivity contribution in [2.45, 2.75) is 12.5 Å². The molecule has 1 aromatic carbocycles. The van der Waals surface area contributed by atoms with Crippen molar-refractivity contribution in [2.75, 3.05) is 21.3 Å². The molecule has 1 unspecified atom stereocenters. The number of benzene rings is 1. The summed E-state index contributed by atoms with van der Waals surface area (Å²) in [6, 6.07) is 4.74. The van der Waals surface area contributed by atoms with Gasteiger partial charge in [-0.3, -0.25) is 9.80 Å². The van der Waals surface area contributed by atoms with Crippen LogP contribution in [0.5, 0.6) is 11.5 Å². The number of carbonyl (C=O) groups is 1. The number of hydrogen-bond acceptors (Lipinski definition) is 5. The normalized spacial score (nSPS) is 11.8. The Labute approximate surface area is 106 Å². The van der Waals surface area contributed by atoms with Gasteiger partial charge in [-0.2, -0.15) is 0 Å². The van der Waals surface area contributed by atoms with Gasteiger partial charge in [-0.15, -0.1) is 0 Å². The summed E-state index contributed by atoms with van der Waals surface area (Å²) in [5.41, 5.74) is 6.65. The maximum absolute atomic E-state index is 11.5. The zero-order valence-electron chi connectivity index (χ0n) is 10.8. The molecule has 6 heteroatoms. The number of methoxy groups -OCH3 is 2. The lowest BCUT2D eigenvalue weighted by Gasteiger charge is -2.17. The Hall–Kier alpha value is -1.79. The van der Waals surface area contributed by atoms with E-state index < -0.39 is 6.04 Å². The summed E-state index contributed by atoms with van der Waals surface area (Å²) in [7, 11) is 4.59. The SMILES string of the molecule is COc1ccc(CC(N)C(=O)N(C)N)cc1OC. The van der Waals surface area contributed by atoms with Crippen molar-refractivity contribution in [1.82, 2.24) is 5.01 Å². The summed E-state index contributed by atoms with van der Waals surface area (Å²) in [5.74, 6) is 6.28. The molecular formula is C12H19N3O3. The van der Waals surface area contributed by atoms with E-state index >= 15 is 0 Å². The summed E-state index contributed by atoms with van der Waals surface area (Å²) >= 11 is 0. The zero-order valence-corrected chi connectivity index (χ0v) is 10.8. The molecule has 0 radical (unpaired) electrons. The van der Waals surface area contributed by atoms with E-state index in [0.29, 0.717) is 17.9 Å². The molecule has 0 spiro atoms. The Balaban J connectivity index is 2.82. The molecule has 1 atom stereocenters. The van der Waals surface area contributed by atoms with Gasteiger partial charge in [-0.1, -0.05) is 6.07 Å². The highest BCUT2D eigenvalue weighted by Crippen LogP contribution is 2.27. The molecule has 6 nitrogen and oxygen atoms in total. The van der Waals surface area contributed by atoms with Crippen LogP contribution < -0.4 is 21.1 Å². The molecule has 100 valence electrons. The first kappa shape index (κ1) is 14.3. The zero-order chi connectivity index (χ0) is 13.7. The lowest BCUT2D eigenvalue weighted by Crippen LogP contribution is -2.46. The highest BCUT2D eigenvalue weighted by Gasteiger charge is 2.17. The third-order valence-corrected chi connectivity index (χ3v) is 2.57. The summed E-state index contributed by atoms with van der Waals surface area (Å²) in [6.45, 7) is 0. The van der Waals surface area contributed by atoms with Crippen molar-refractivity contribution in [1.29, 1.82) is 0 Å². The molecule has 0 aliphatic heterocycles. The van der Waals surface area contributed by atoms with E-state index in [-0.39, 0.29) is 5.91 Å². The van der Waals surface area contributed by atoms with Gasteiger partial charge in [-0.05, 0) is 24.1 Å². The Morgan fingerprint density at radius 3 is 2.44 bits per heavy atom. The Morgan fingerprint density at radius 1 is 1.33 bits per heavy atom. The first-order valence-corrected chi connectivity index (χ1v) is 5.48. The second kappa shape index (κ2) is 6.23. The molecule has 1 rings (SSSR count). The number of likely N-dealkylation sites (N-methyl/N-ethyl adjacent to an activating group) is 1. The predicted molar refractivity (Wildman–Crippen MR) is 68.2 cm³/mol. The Bertz CT molecular complexity index is 421. The van der Waals surface area contributed by atoms with Crippen LogP contribution in [0.1, 0.15) is 5.56 Å². The second-order valence-electron chi connectivity index (χ2n) is 3.95. The van der Waals surface area contributed by atoms with Crippen molar-refractivity contribution in [3.05, 3.63) is 23.8 Å². The van der Waals surface area contributed by atoms with Gasteiger partial charge in [0.05, 0.1) is 20.3 Å². The van der Waals surface area contributed by atoms with Gasteiger partial charge in [-0.25, -0.2) is 5.84 Å². The van der Waals surface area contributed by atoms with E-state index in [0.717, 1.165) is 10.6 Å². The lowest BCUT2D eigenvalue weighted by molar-refractivity contribution is -0.131. The van der Waals surface area contributed by atoms with Gasteiger partial charge in [0.15, 0.2) is 11.5 Å². The van der Waals surface area contributed by atoms with E-state index in [1.54, 1.807) is 26.4 Å². The molecule has 0 saturated carbocycles. The molecule has 0 saturated heterocycles. The predicted octanol–water partition coefficient (Wildman–Crippen LogP) is -0.0943. The molecule has 18 heavy (non-hydrogen) atoms. The van der Waals surface area contributed by atoms with E-state index in [1.165, 1.54) is 7.05 Å². The summed E-state index contributed by atoms with van der Waals surface area (Å²) in [5, 5.41) is 0.991. The highest BCUT2D eigenvalue weighted by atomic mass is 16.5. The van der Waals surface area contributed by atoms with Gasteiger partial charge in [0.2, 0.25) is 0 Å². The first-order chi connectivity index (χ1) is 8.49. The van der Waals surface area contributed by atoms with E-state index in [9.17, 15) is 4.79 Å². The Kier molecular flexibility index (Phi) is 4.94. The van der Waals surface area contributed by atoms with Crippen LogP contribution in [0.2, 0.25) is 0 Å². The monoisotopic (exact) mass is 253 g/mol. The topological polar surface area (TPSA) is 90.8 Å². The fourth-order valence-corrected chi connectivity index (χ4v) is 1.61. The number of hydrazine groups is 1. The molecule has 0 aliphatic carbocycles. The van der Waals surface area contributed by atoms with Crippen LogP contribution in [0.3, 0.4) is 0 Å². The maximum Gasteiger partial charge on any atom is 0.253 e. The van der Waals surface area contributed by atoms with Gasteiger partial charge < -0.3 is 15.2 Å². The van der Waals surface area contributed by atoms with Crippen molar-refractivity contribution in [2.24, 2.45) is 11.6 Å². The summed E-state index contributed by atoms with van der Waals surface area (Å²) in [4.78, 5) is 11.5. The van der Waals surface area contributed by atoms with Crippen molar-refractivity contribution < 1.29 is 14.3 Å². The molecule has 4 N–H and O–H groups in total. The minimum atomic E-state index is -0.668. The van der Waals surface area contributed by atoms with Gasteiger partial charge >= 0.3 is 0 Å². The van der Waals surface area contributed by atoms with Crippen LogP contribution in [-0.4, -0.2) is 38.2 Å². The number of rotatable bonds is 5. The average Bonchev–Trinajstić information content (AvgIpc) is 2.37. The van der Waals surface area contributed by atoms with Gasteiger partial charge in [0.1, 0.15) is 0 Å². The molecule has 0 bridgehead atoms. The smallest absolute Gasteiger partial charge is 0.253 e. The molecule has 1 aromatic rings. The van der Waals surface area contributed by atoms with Crippen LogP contribution >= 0.6 is 0 Å². The van der Waals surface area contributed by atoms with E-state index in [2.05, 4.69) is 0 Å². The number of nitrogens with two attached hydrogens (primary N) is 2. The van der Waals surface area contributed by atoms with E-state index in [1.807, 2.05) is 6.07 Å². The summed E-state index contributed by atoms with van der Waals surface area (Å²) in [6.07, 6.45) is 0.390. The first-order valence-electron chi connectivity index (χ1n) is 5.48. The maximum atomic E-state index is 11.5. The molecular weight excluding hydrogens is 234 g/mol. The average molecular weight is 253 g/mol. The van der Waals surface area contributed by atoms with E-state index in [4.69, 9.17) is 21.1 Å². The molecule has 0 heterocycles. The fourth-order valence-electron chi connectivity index (χ4n) is 1.61. The van der Waals surface area contributed by atoms with Crippen LogP contribution in [-0.2, 0) is 11.2 Å². The third kappa shape index (κ3) is 3.35. The highest BCUT2D eigenvalue weighted by molar-refractivity contribution is 5.81. The van der Waals surface area contributed by atoms with Crippen molar-refractivity contribution in [3.63, 3.8) is 0 Å². The number of nitrogens with zero attached hydrogens (tertiary/aromatic N) is 1. The van der Waals surface area contributed by atoms with Crippen LogP contribution in [0.15, 0.2) is 18.2 Å². The number of carbonyl (C=O) groups excluding carboxylic acids is 1. The van der Waals surface area contributed by atoms with Crippen LogP contribution in [0, 0.1) is 0 Å². The number of amides is 1. The second-order valence-corrected chi connectivity index (χ2v) is 3.95. The van der Waals surface area contributed by atoms with Crippen molar-refractivity contribution >= 4 is 5.91 Å². The Morgan fingerprint density at radius 2 is 1.94 bits per heavy atom. The van der Waals surface area contributed by atoms with Crippen molar-refractivity contribution in [3.8, 4) is 11.5 Å². The standard InChI is InChI=1S/C12H19N3O3/c1-15(14)12(16)9(13)6-8-4-5-10(17-2)11(7-8)18-3/h4-5,7,9H,6,13-14H2,1-3H3. The van der Waals surface area contributed by atoms with Crippen LogP contribution in [0.4, 0.5) is 0 Å². The minimum absolute atomic E-state index is 0.315. The third-order valence-electron chi connectivity index (χ3n) is 2.57. The summed E-state index contributed by atoms with van der Waals surface area (Å²) < 4.78 is 10.3. The molecule has 1 amide bonds. The molecule has 0 aromatic heterocycles. The van der Waals surface area contributed by atoms with Gasteiger partial charge in [0, 0.05) is 7.05 Å². The quantitative estimate of drug-likeness (QED) is 0.434. The number of ether oxygens (including phenoxy) is 2. The minimum Gasteiger partial charge on any atom is -0.493 e. The van der Waals surface area contributed by atoms with Gasteiger partial charge in [0.25, 0.3) is 5.91 Å². The lowest BCUT2D eigenvalue weighted by atomic mass is 10.1. The molecule has 0 aliphatic rings.